The van der Waals surface area contributed by atoms with Crippen molar-refractivity contribution >= 4 is 19.5 Å². The fourth-order valence-electron chi connectivity index (χ4n) is 1.63. The van der Waals surface area contributed by atoms with E-state index in [4.69, 9.17) is 19.3 Å². The summed E-state index contributed by atoms with van der Waals surface area (Å²) in [5, 5.41) is 0. The first kappa shape index (κ1) is 21.1. The van der Waals surface area contributed by atoms with Crippen molar-refractivity contribution in [3.8, 4) is 0 Å². The summed E-state index contributed by atoms with van der Waals surface area (Å²) in [4.78, 5) is 40.8. The molecule has 0 amide bonds. The molecule has 1 atom stereocenters. The van der Waals surface area contributed by atoms with Crippen molar-refractivity contribution in [3.05, 3.63) is 0 Å². The van der Waals surface area contributed by atoms with Crippen LogP contribution in [-0.4, -0.2) is 40.6 Å². The quantitative estimate of drug-likeness (QED) is 0.415. The van der Waals surface area contributed by atoms with Gasteiger partial charge in [-0.1, -0.05) is 26.7 Å². The Balaban J connectivity index is 4.35. The lowest BCUT2D eigenvalue weighted by molar-refractivity contribution is -0.159. The fourth-order valence-corrected chi connectivity index (χ4v) is 2.26. The van der Waals surface area contributed by atoms with E-state index in [0.717, 1.165) is 12.8 Å². The van der Waals surface area contributed by atoms with Crippen LogP contribution in [0.1, 0.15) is 58.8 Å². The molecule has 0 aliphatic rings. The standard InChI is InChI=1S/C14H27O7P/c1-3-5-7-13(15)20-11-12(9-10-22(17,18)19)21-14(16)8-6-4-2/h12H,3-11H2,1-2H3,(H2,17,18,19). The molecule has 0 rings (SSSR count). The first-order chi connectivity index (χ1) is 10.3. The van der Waals surface area contributed by atoms with Gasteiger partial charge in [0.05, 0.1) is 6.16 Å². The van der Waals surface area contributed by atoms with E-state index in [1.807, 2.05) is 13.8 Å². The average molecular weight is 338 g/mol. The largest absolute Gasteiger partial charge is 0.462 e. The van der Waals surface area contributed by atoms with E-state index in [1.165, 1.54) is 0 Å². The highest BCUT2D eigenvalue weighted by molar-refractivity contribution is 7.51. The molecule has 0 fully saturated rings. The van der Waals surface area contributed by atoms with Gasteiger partial charge in [-0.2, -0.15) is 0 Å². The average Bonchev–Trinajstić information content (AvgIpc) is 2.44. The maximum Gasteiger partial charge on any atom is 0.325 e. The number of hydrogen-bond acceptors (Lipinski definition) is 5. The van der Waals surface area contributed by atoms with Crippen LogP contribution < -0.4 is 0 Å². The summed E-state index contributed by atoms with van der Waals surface area (Å²) in [6.07, 6.45) is 2.36. The summed E-state index contributed by atoms with van der Waals surface area (Å²) in [5.41, 5.74) is 0. The van der Waals surface area contributed by atoms with Gasteiger partial charge in [0.1, 0.15) is 12.7 Å². The Labute approximate surface area is 131 Å². The van der Waals surface area contributed by atoms with Gasteiger partial charge in [-0.3, -0.25) is 14.2 Å². The van der Waals surface area contributed by atoms with Crippen molar-refractivity contribution in [1.29, 1.82) is 0 Å². The zero-order valence-electron chi connectivity index (χ0n) is 13.3. The SMILES string of the molecule is CCCCC(=O)OCC(CCP(=O)(O)O)OC(=O)CCCC. The second kappa shape index (κ2) is 11.6. The Morgan fingerprint density at radius 2 is 1.59 bits per heavy atom. The summed E-state index contributed by atoms with van der Waals surface area (Å²) in [7, 11) is -4.18. The molecule has 8 heteroatoms. The third-order valence-corrected chi connectivity index (χ3v) is 3.78. The van der Waals surface area contributed by atoms with Crippen LogP contribution >= 0.6 is 7.60 Å². The topological polar surface area (TPSA) is 110 Å². The smallest absolute Gasteiger partial charge is 0.325 e. The Kier molecular flexibility index (Phi) is 11.1. The molecule has 2 N–H and O–H groups in total. The lowest BCUT2D eigenvalue weighted by Crippen LogP contribution is -2.26. The van der Waals surface area contributed by atoms with Gasteiger partial charge in [0.25, 0.3) is 0 Å². The molecule has 0 radical (unpaired) electrons. The van der Waals surface area contributed by atoms with Crippen LogP contribution in [-0.2, 0) is 23.6 Å². The molecule has 0 spiro atoms. The number of hydrogen-bond donors (Lipinski definition) is 2. The van der Waals surface area contributed by atoms with E-state index in [9.17, 15) is 14.2 Å². The highest BCUT2D eigenvalue weighted by Gasteiger charge is 2.22. The molecule has 0 saturated heterocycles. The van der Waals surface area contributed by atoms with Crippen LogP contribution in [0, 0.1) is 0 Å². The van der Waals surface area contributed by atoms with Gasteiger partial charge < -0.3 is 19.3 Å². The third kappa shape index (κ3) is 12.8. The summed E-state index contributed by atoms with van der Waals surface area (Å²) in [6.45, 7) is 3.72. The van der Waals surface area contributed by atoms with Crippen molar-refractivity contribution in [2.75, 3.05) is 12.8 Å². The van der Waals surface area contributed by atoms with Crippen molar-refractivity contribution in [3.63, 3.8) is 0 Å². The van der Waals surface area contributed by atoms with E-state index < -0.39 is 31.8 Å². The third-order valence-electron chi connectivity index (χ3n) is 2.94. The van der Waals surface area contributed by atoms with E-state index in [2.05, 4.69) is 0 Å². The van der Waals surface area contributed by atoms with Gasteiger partial charge in [0.2, 0.25) is 0 Å². The van der Waals surface area contributed by atoms with Crippen molar-refractivity contribution < 1.29 is 33.4 Å². The first-order valence-corrected chi connectivity index (χ1v) is 9.48. The molecule has 0 aliphatic heterocycles. The molecule has 0 bridgehead atoms. The van der Waals surface area contributed by atoms with E-state index in [1.54, 1.807) is 0 Å². The summed E-state index contributed by atoms with van der Waals surface area (Å²) >= 11 is 0. The monoisotopic (exact) mass is 338 g/mol. The van der Waals surface area contributed by atoms with Gasteiger partial charge in [0.15, 0.2) is 0 Å². The molecule has 7 nitrogen and oxygen atoms in total. The Morgan fingerprint density at radius 3 is 2.09 bits per heavy atom. The number of unbranched alkanes of at least 4 members (excludes halogenated alkanes) is 2. The molecule has 0 aromatic heterocycles. The van der Waals surface area contributed by atoms with Crippen LogP contribution in [0.25, 0.3) is 0 Å². The number of carbonyl (C=O) groups excluding carboxylic acids is 2. The molecule has 0 heterocycles. The lowest BCUT2D eigenvalue weighted by atomic mass is 10.2. The molecule has 0 aromatic rings. The minimum Gasteiger partial charge on any atom is -0.462 e. The van der Waals surface area contributed by atoms with Crippen molar-refractivity contribution in [2.24, 2.45) is 0 Å². The second-order valence-electron chi connectivity index (χ2n) is 5.18. The lowest BCUT2D eigenvalue weighted by Gasteiger charge is -2.18. The number of esters is 2. The first-order valence-electron chi connectivity index (χ1n) is 7.68. The molecule has 22 heavy (non-hydrogen) atoms. The maximum absolute atomic E-state index is 11.6. The zero-order valence-corrected chi connectivity index (χ0v) is 14.2. The zero-order chi connectivity index (χ0) is 17.0. The Morgan fingerprint density at radius 1 is 1.05 bits per heavy atom. The molecular weight excluding hydrogens is 311 g/mol. The molecular formula is C14H27O7P. The fraction of sp³-hybridized carbons (Fsp3) is 0.857. The van der Waals surface area contributed by atoms with Crippen LogP contribution in [0.15, 0.2) is 0 Å². The molecule has 0 aromatic carbocycles. The highest BCUT2D eigenvalue weighted by atomic mass is 31.2. The summed E-state index contributed by atoms with van der Waals surface area (Å²) in [5.74, 6) is -0.838. The number of ether oxygens (including phenoxy) is 2. The number of carbonyl (C=O) groups is 2. The Hall–Kier alpha value is -0.910. The second-order valence-corrected chi connectivity index (χ2v) is 6.96. The predicted molar refractivity (Wildman–Crippen MR) is 81.4 cm³/mol. The number of rotatable bonds is 12. The normalized spacial score (nSPS) is 12.7. The molecule has 0 aliphatic carbocycles. The van der Waals surface area contributed by atoms with Crippen LogP contribution in [0.5, 0.6) is 0 Å². The summed E-state index contributed by atoms with van der Waals surface area (Å²) < 4.78 is 21.1. The predicted octanol–water partition coefficient (Wildman–Crippen LogP) is 2.39. The molecule has 0 saturated carbocycles. The van der Waals surface area contributed by atoms with Gasteiger partial charge in [-0.05, 0) is 19.3 Å². The van der Waals surface area contributed by atoms with E-state index >= 15 is 0 Å². The van der Waals surface area contributed by atoms with Crippen LogP contribution in [0.3, 0.4) is 0 Å². The van der Waals surface area contributed by atoms with Crippen LogP contribution in [0.4, 0.5) is 0 Å². The van der Waals surface area contributed by atoms with E-state index in [0.29, 0.717) is 12.8 Å². The van der Waals surface area contributed by atoms with Gasteiger partial charge in [0, 0.05) is 12.8 Å². The van der Waals surface area contributed by atoms with Gasteiger partial charge >= 0.3 is 19.5 Å². The minimum atomic E-state index is -4.18. The van der Waals surface area contributed by atoms with E-state index in [-0.39, 0.29) is 25.9 Å². The molecule has 1 unspecified atom stereocenters. The minimum absolute atomic E-state index is 0.0385. The van der Waals surface area contributed by atoms with Crippen LogP contribution in [0.2, 0.25) is 0 Å². The molecule has 130 valence electrons. The summed E-state index contributed by atoms with van der Waals surface area (Å²) in [6, 6.07) is 0. The van der Waals surface area contributed by atoms with Gasteiger partial charge in [-0.25, -0.2) is 0 Å². The van der Waals surface area contributed by atoms with Crippen molar-refractivity contribution in [1.82, 2.24) is 0 Å². The van der Waals surface area contributed by atoms with Gasteiger partial charge in [-0.15, -0.1) is 0 Å². The Bertz CT molecular complexity index is 377. The maximum atomic E-state index is 11.6. The van der Waals surface area contributed by atoms with Crippen molar-refractivity contribution in [2.45, 2.75) is 64.9 Å². The highest BCUT2D eigenvalue weighted by Crippen LogP contribution is 2.35.